The molecule has 2 aromatic rings. The lowest BCUT2D eigenvalue weighted by molar-refractivity contribution is 0.303. The summed E-state index contributed by atoms with van der Waals surface area (Å²) in [6, 6.07) is 4.21. The van der Waals surface area contributed by atoms with Gasteiger partial charge in [-0.2, -0.15) is 0 Å². The zero-order valence-electron chi connectivity index (χ0n) is 9.39. The molecule has 17 heavy (non-hydrogen) atoms. The van der Waals surface area contributed by atoms with Gasteiger partial charge in [-0.1, -0.05) is 6.07 Å². The summed E-state index contributed by atoms with van der Waals surface area (Å²) in [6.45, 7) is 2.22. The maximum atomic E-state index is 13.1. The van der Waals surface area contributed by atoms with Gasteiger partial charge in [0, 0.05) is 23.9 Å². The molecule has 1 aromatic heterocycles. The molecule has 0 fully saturated rings. The van der Waals surface area contributed by atoms with Gasteiger partial charge in [0.25, 0.3) is 0 Å². The number of hydrogen-bond donors (Lipinski definition) is 1. The number of thiazole rings is 1. The van der Waals surface area contributed by atoms with Crippen LogP contribution in [0.25, 0.3) is 0 Å². The lowest BCUT2D eigenvalue weighted by atomic mass is 10.1. The number of benzene rings is 1. The summed E-state index contributed by atoms with van der Waals surface area (Å²) < 4.78 is 18.7. The zero-order chi connectivity index (χ0) is 12.3. The largest absolute Gasteiger partial charge is 0.488 e. The molecule has 0 aliphatic rings. The molecule has 1 heterocycles. The van der Waals surface area contributed by atoms with E-state index in [1.807, 2.05) is 6.92 Å². The molecule has 1 atom stereocenters. The van der Waals surface area contributed by atoms with Crippen molar-refractivity contribution in [2.45, 2.75) is 19.6 Å². The monoisotopic (exact) mass is 252 g/mol. The average molecular weight is 252 g/mol. The number of ether oxygens (including phenoxy) is 1. The van der Waals surface area contributed by atoms with Gasteiger partial charge in [-0.05, 0) is 13.0 Å². The Morgan fingerprint density at radius 3 is 3.00 bits per heavy atom. The van der Waals surface area contributed by atoms with Crippen molar-refractivity contribution in [3.8, 4) is 5.75 Å². The quantitative estimate of drug-likeness (QED) is 0.910. The van der Waals surface area contributed by atoms with Crippen LogP contribution in [0.5, 0.6) is 5.75 Å². The van der Waals surface area contributed by atoms with Crippen molar-refractivity contribution in [2.75, 3.05) is 0 Å². The Bertz CT molecular complexity index is 485. The molecule has 0 bridgehead atoms. The fraction of sp³-hybridized carbons (Fsp3) is 0.250. The van der Waals surface area contributed by atoms with Crippen molar-refractivity contribution in [2.24, 2.45) is 5.73 Å². The second-order valence-electron chi connectivity index (χ2n) is 3.73. The van der Waals surface area contributed by atoms with Gasteiger partial charge in [-0.15, -0.1) is 11.3 Å². The lowest BCUT2D eigenvalue weighted by Crippen LogP contribution is -2.08. The topological polar surface area (TPSA) is 48.1 Å². The first-order valence-corrected chi connectivity index (χ1v) is 6.10. The Labute approximate surface area is 103 Å². The van der Waals surface area contributed by atoms with Crippen molar-refractivity contribution in [1.82, 2.24) is 4.98 Å². The molecule has 0 radical (unpaired) electrons. The van der Waals surface area contributed by atoms with Crippen LogP contribution in [-0.2, 0) is 6.61 Å². The SMILES string of the molecule is C[C@H](N)c1ccc(F)cc1OCc1cncs1. The fourth-order valence-electron chi connectivity index (χ4n) is 1.47. The van der Waals surface area contributed by atoms with Crippen LogP contribution in [0.2, 0.25) is 0 Å². The molecule has 0 aliphatic carbocycles. The van der Waals surface area contributed by atoms with Crippen LogP contribution in [0, 0.1) is 5.82 Å². The number of rotatable bonds is 4. The molecular weight excluding hydrogens is 239 g/mol. The van der Waals surface area contributed by atoms with E-state index >= 15 is 0 Å². The van der Waals surface area contributed by atoms with Crippen molar-refractivity contribution < 1.29 is 9.13 Å². The van der Waals surface area contributed by atoms with E-state index in [9.17, 15) is 4.39 Å². The number of hydrogen-bond acceptors (Lipinski definition) is 4. The van der Waals surface area contributed by atoms with E-state index in [0.29, 0.717) is 12.4 Å². The van der Waals surface area contributed by atoms with Gasteiger partial charge in [0.2, 0.25) is 0 Å². The minimum atomic E-state index is -0.325. The van der Waals surface area contributed by atoms with Gasteiger partial charge in [-0.3, -0.25) is 4.98 Å². The first-order valence-electron chi connectivity index (χ1n) is 5.22. The molecule has 90 valence electrons. The van der Waals surface area contributed by atoms with Crippen LogP contribution in [-0.4, -0.2) is 4.98 Å². The molecule has 5 heteroatoms. The molecule has 2 N–H and O–H groups in total. The van der Waals surface area contributed by atoms with Crippen molar-refractivity contribution in [3.63, 3.8) is 0 Å². The summed E-state index contributed by atoms with van der Waals surface area (Å²) in [5.41, 5.74) is 8.34. The first-order chi connectivity index (χ1) is 8.16. The molecule has 0 spiro atoms. The molecule has 0 aliphatic heterocycles. The summed E-state index contributed by atoms with van der Waals surface area (Å²) in [5, 5.41) is 0. The van der Waals surface area contributed by atoms with E-state index in [1.165, 1.54) is 23.5 Å². The fourth-order valence-corrected chi connectivity index (χ4v) is 1.98. The summed E-state index contributed by atoms with van der Waals surface area (Å²) in [6.07, 6.45) is 1.73. The van der Waals surface area contributed by atoms with Crippen LogP contribution < -0.4 is 10.5 Å². The lowest BCUT2D eigenvalue weighted by Gasteiger charge is -2.13. The smallest absolute Gasteiger partial charge is 0.127 e. The number of aromatic nitrogens is 1. The maximum absolute atomic E-state index is 13.1. The Hall–Kier alpha value is -1.46. The van der Waals surface area contributed by atoms with Gasteiger partial charge >= 0.3 is 0 Å². The third-order valence-corrected chi connectivity index (χ3v) is 3.07. The highest BCUT2D eigenvalue weighted by molar-refractivity contribution is 7.09. The summed E-state index contributed by atoms with van der Waals surface area (Å²) in [4.78, 5) is 4.94. The second-order valence-corrected chi connectivity index (χ2v) is 4.70. The van der Waals surface area contributed by atoms with Crippen LogP contribution in [0.3, 0.4) is 0 Å². The number of halogens is 1. The number of nitrogens with two attached hydrogens (primary N) is 1. The van der Waals surface area contributed by atoms with Crippen LogP contribution in [0.1, 0.15) is 23.4 Å². The Morgan fingerprint density at radius 1 is 1.53 bits per heavy atom. The summed E-state index contributed by atoms with van der Waals surface area (Å²) in [5.74, 6) is 0.169. The molecule has 0 amide bonds. The average Bonchev–Trinajstić information content (AvgIpc) is 2.78. The molecule has 0 saturated heterocycles. The molecular formula is C12H13FN2OS. The molecule has 0 saturated carbocycles. The molecule has 1 aromatic carbocycles. The van der Waals surface area contributed by atoms with Gasteiger partial charge < -0.3 is 10.5 Å². The Morgan fingerprint density at radius 2 is 2.35 bits per heavy atom. The minimum Gasteiger partial charge on any atom is -0.488 e. The van der Waals surface area contributed by atoms with Crippen LogP contribution in [0.15, 0.2) is 29.9 Å². The Balaban J connectivity index is 2.16. The predicted octanol–water partition coefficient (Wildman–Crippen LogP) is 2.88. The molecule has 3 nitrogen and oxygen atoms in total. The third-order valence-electron chi connectivity index (χ3n) is 2.32. The number of nitrogens with zero attached hydrogens (tertiary/aromatic N) is 1. The van der Waals surface area contributed by atoms with E-state index in [-0.39, 0.29) is 11.9 Å². The molecule has 0 unspecified atom stereocenters. The highest BCUT2D eigenvalue weighted by atomic mass is 32.1. The van der Waals surface area contributed by atoms with E-state index in [4.69, 9.17) is 10.5 Å². The second kappa shape index (κ2) is 5.25. The summed E-state index contributed by atoms with van der Waals surface area (Å²) in [7, 11) is 0. The van der Waals surface area contributed by atoms with Gasteiger partial charge in [0.05, 0.1) is 10.4 Å². The first kappa shape index (κ1) is 12.0. The van der Waals surface area contributed by atoms with Crippen molar-refractivity contribution >= 4 is 11.3 Å². The third kappa shape index (κ3) is 3.01. The zero-order valence-corrected chi connectivity index (χ0v) is 10.2. The normalized spacial score (nSPS) is 12.4. The van der Waals surface area contributed by atoms with Gasteiger partial charge in [0.1, 0.15) is 18.2 Å². The van der Waals surface area contributed by atoms with E-state index in [1.54, 1.807) is 17.8 Å². The summed E-state index contributed by atoms with van der Waals surface area (Å²) >= 11 is 1.50. The maximum Gasteiger partial charge on any atom is 0.127 e. The highest BCUT2D eigenvalue weighted by Gasteiger charge is 2.09. The van der Waals surface area contributed by atoms with E-state index in [2.05, 4.69) is 4.98 Å². The van der Waals surface area contributed by atoms with Gasteiger partial charge in [0.15, 0.2) is 0 Å². The van der Waals surface area contributed by atoms with Crippen LogP contribution >= 0.6 is 11.3 Å². The van der Waals surface area contributed by atoms with Gasteiger partial charge in [-0.25, -0.2) is 4.39 Å². The predicted molar refractivity (Wildman–Crippen MR) is 65.4 cm³/mol. The van der Waals surface area contributed by atoms with E-state index < -0.39 is 0 Å². The highest BCUT2D eigenvalue weighted by Crippen LogP contribution is 2.26. The minimum absolute atomic E-state index is 0.188. The van der Waals surface area contributed by atoms with Crippen LogP contribution in [0.4, 0.5) is 4.39 Å². The van der Waals surface area contributed by atoms with Crippen molar-refractivity contribution in [1.29, 1.82) is 0 Å². The molecule has 2 rings (SSSR count). The Kier molecular flexibility index (Phi) is 3.71. The van der Waals surface area contributed by atoms with E-state index in [0.717, 1.165) is 10.4 Å². The standard InChI is InChI=1S/C12H13FN2OS/c1-8(14)11-3-2-9(13)4-12(11)16-6-10-5-15-7-17-10/h2-5,7-8H,6,14H2,1H3/t8-/m0/s1. The van der Waals surface area contributed by atoms with Crippen molar-refractivity contribution in [3.05, 3.63) is 46.2 Å².